The van der Waals surface area contributed by atoms with Gasteiger partial charge < -0.3 is 0 Å². The molecule has 0 aromatic heterocycles. The van der Waals surface area contributed by atoms with Crippen LogP contribution in [0.2, 0.25) is 0 Å². The molecular weight excluding hydrogens is 240 g/mol. The van der Waals surface area contributed by atoms with Gasteiger partial charge in [0.05, 0.1) is 0 Å². The Morgan fingerprint density at radius 1 is 0.500 bits per heavy atom. The average Bonchev–Trinajstić information content (AvgIpc) is 2.21. The number of hydrogen-bond acceptors (Lipinski definition) is 0. The molecule has 0 amide bonds. The monoisotopic (exact) mass is 276 g/mol. The fourth-order valence-corrected chi connectivity index (χ4v) is 0.638. The number of hydrogen-bond donors (Lipinski definition) is 0. The third-order valence-corrected chi connectivity index (χ3v) is 1.21. The van der Waals surface area contributed by atoms with Crippen molar-refractivity contribution in [2.24, 2.45) is 10.8 Å². The smallest absolute Gasteiger partial charge is 0.0196 e. The lowest BCUT2D eigenvalue weighted by Gasteiger charge is -2.05. The van der Waals surface area contributed by atoms with E-state index in [9.17, 15) is 0 Å². The molecular formula is C20H36. The van der Waals surface area contributed by atoms with Gasteiger partial charge in [-0.3, -0.25) is 0 Å². The molecule has 0 N–H and O–H groups in total. The Morgan fingerprint density at radius 2 is 0.600 bits per heavy atom. The highest BCUT2D eigenvalue weighted by molar-refractivity contribution is 5.43. The molecule has 0 saturated carbocycles. The van der Waals surface area contributed by atoms with Crippen molar-refractivity contribution in [1.82, 2.24) is 0 Å². The predicted molar refractivity (Wildman–Crippen MR) is 98.1 cm³/mol. The van der Waals surface area contributed by atoms with Gasteiger partial charge in [0.2, 0.25) is 0 Å². The fourth-order valence-electron chi connectivity index (χ4n) is 0.638. The molecule has 0 aromatic rings. The lowest BCUT2D eigenvalue weighted by atomic mass is 10.0. The first-order valence-electron chi connectivity index (χ1n) is 7.04. The quantitative estimate of drug-likeness (QED) is 0.479. The van der Waals surface area contributed by atoms with Crippen LogP contribution in [0.5, 0.6) is 0 Å². The van der Waals surface area contributed by atoms with Crippen LogP contribution in [-0.2, 0) is 0 Å². The van der Waals surface area contributed by atoms with Gasteiger partial charge in [-0.2, -0.15) is 0 Å². The minimum Gasteiger partial charge on any atom is -0.0984 e. The molecule has 0 aliphatic heterocycles. The first-order chi connectivity index (χ1) is 8.79. The maximum absolute atomic E-state index is 3.62. The molecule has 0 bridgehead atoms. The topological polar surface area (TPSA) is 0 Å². The van der Waals surface area contributed by atoms with Crippen molar-refractivity contribution >= 4 is 0 Å². The van der Waals surface area contributed by atoms with Crippen LogP contribution in [0.25, 0.3) is 0 Å². The second-order valence-electron chi connectivity index (χ2n) is 7.73. The maximum Gasteiger partial charge on any atom is -0.0196 e. The Labute approximate surface area is 128 Å². The van der Waals surface area contributed by atoms with Crippen LogP contribution < -0.4 is 0 Å². The normalized spacial score (nSPS) is 9.80. The summed E-state index contributed by atoms with van der Waals surface area (Å²) in [5, 5.41) is 0. The van der Waals surface area contributed by atoms with Gasteiger partial charge in [-0.25, -0.2) is 0 Å². The highest BCUT2D eigenvalue weighted by Gasteiger charge is 1.96. The van der Waals surface area contributed by atoms with E-state index in [0.29, 0.717) is 10.8 Å². The van der Waals surface area contributed by atoms with Crippen LogP contribution in [0.4, 0.5) is 0 Å². The van der Waals surface area contributed by atoms with Gasteiger partial charge in [-0.05, 0) is 22.0 Å². The van der Waals surface area contributed by atoms with Crippen molar-refractivity contribution < 1.29 is 0 Å². The Balaban J connectivity index is -0.000000244. The van der Waals surface area contributed by atoms with Crippen molar-refractivity contribution in [3.05, 3.63) is 61.8 Å². The van der Waals surface area contributed by atoms with Gasteiger partial charge in [0.15, 0.2) is 0 Å². The van der Waals surface area contributed by atoms with E-state index in [2.05, 4.69) is 81.7 Å². The summed E-state index contributed by atoms with van der Waals surface area (Å²) in [4.78, 5) is 0. The van der Waals surface area contributed by atoms with Crippen LogP contribution >= 0.6 is 0 Å². The van der Waals surface area contributed by atoms with Crippen LogP contribution in [0.15, 0.2) is 61.8 Å². The van der Waals surface area contributed by atoms with Gasteiger partial charge >= 0.3 is 0 Å². The zero-order valence-corrected chi connectivity index (χ0v) is 15.1. The predicted octanol–water partition coefficient (Wildman–Crippen LogP) is 7.13. The van der Waals surface area contributed by atoms with Crippen molar-refractivity contribution in [2.45, 2.75) is 55.4 Å². The molecule has 0 rings (SSSR count). The zero-order chi connectivity index (χ0) is 17.0. The van der Waals surface area contributed by atoms with Crippen molar-refractivity contribution in [1.29, 1.82) is 0 Å². The third kappa shape index (κ3) is 36.0. The second kappa shape index (κ2) is 11.5. The van der Waals surface area contributed by atoms with Crippen molar-refractivity contribution in [3.8, 4) is 0 Å². The first kappa shape index (κ1) is 23.8. The van der Waals surface area contributed by atoms with Crippen LogP contribution in [0, 0.1) is 10.8 Å². The SMILES string of the molecule is C=CC(C=C)=C(C=C)C=C.CC(C)(C)C.CC(C)(C)C. The molecule has 0 atom stereocenters. The van der Waals surface area contributed by atoms with Crippen molar-refractivity contribution in [2.75, 3.05) is 0 Å². The summed E-state index contributed by atoms with van der Waals surface area (Å²) >= 11 is 0. The van der Waals surface area contributed by atoms with E-state index in [0.717, 1.165) is 11.1 Å². The molecule has 0 unspecified atom stereocenters. The minimum atomic E-state index is 0.500. The Hall–Kier alpha value is -1.30. The highest BCUT2D eigenvalue weighted by Crippen LogP contribution is 2.09. The van der Waals surface area contributed by atoms with E-state index in [1.54, 1.807) is 24.3 Å². The van der Waals surface area contributed by atoms with Gasteiger partial charge in [0, 0.05) is 0 Å². The summed E-state index contributed by atoms with van der Waals surface area (Å²) in [5.74, 6) is 0. The fraction of sp³-hybridized carbons (Fsp3) is 0.500. The third-order valence-electron chi connectivity index (χ3n) is 1.21. The highest BCUT2D eigenvalue weighted by atomic mass is 14.0. The lowest BCUT2D eigenvalue weighted by molar-refractivity contribution is 0.469. The molecule has 0 heteroatoms. The summed E-state index contributed by atoms with van der Waals surface area (Å²) in [6.07, 6.45) is 6.91. The molecule has 0 aromatic carbocycles. The second-order valence-corrected chi connectivity index (χ2v) is 7.73. The van der Waals surface area contributed by atoms with Gasteiger partial charge in [-0.1, -0.05) is 106 Å². The Morgan fingerprint density at radius 3 is 0.650 bits per heavy atom. The molecule has 20 heavy (non-hydrogen) atoms. The van der Waals surface area contributed by atoms with Gasteiger partial charge in [-0.15, -0.1) is 0 Å². The Kier molecular flexibility index (Phi) is 13.7. The van der Waals surface area contributed by atoms with Gasteiger partial charge in [0.25, 0.3) is 0 Å². The molecule has 116 valence electrons. The summed E-state index contributed by atoms with van der Waals surface area (Å²) in [6, 6.07) is 0. The van der Waals surface area contributed by atoms with Crippen LogP contribution in [0.1, 0.15) is 55.4 Å². The van der Waals surface area contributed by atoms with Gasteiger partial charge in [0.1, 0.15) is 0 Å². The standard InChI is InChI=1S/C10H12.2C5H12/c1-5-9(6-2)10(7-3)8-4;2*1-5(2,3)4/h5-8H,1-4H2;2*1-4H3. The lowest BCUT2D eigenvalue weighted by Crippen LogP contribution is -1.93. The zero-order valence-electron chi connectivity index (χ0n) is 15.1. The summed E-state index contributed by atoms with van der Waals surface area (Å²) in [7, 11) is 0. The van der Waals surface area contributed by atoms with E-state index < -0.39 is 0 Å². The molecule has 0 saturated heterocycles. The van der Waals surface area contributed by atoms with E-state index >= 15 is 0 Å². The molecule has 0 aliphatic rings. The van der Waals surface area contributed by atoms with E-state index in [-0.39, 0.29) is 0 Å². The van der Waals surface area contributed by atoms with E-state index in [1.807, 2.05) is 0 Å². The van der Waals surface area contributed by atoms with E-state index in [1.165, 1.54) is 0 Å². The molecule has 0 heterocycles. The molecule has 0 spiro atoms. The minimum absolute atomic E-state index is 0.500. The largest absolute Gasteiger partial charge is 0.0984 e. The summed E-state index contributed by atoms with van der Waals surface area (Å²) in [6.45, 7) is 32.0. The van der Waals surface area contributed by atoms with Crippen molar-refractivity contribution in [3.63, 3.8) is 0 Å². The molecule has 0 aliphatic carbocycles. The van der Waals surface area contributed by atoms with Crippen LogP contribution in [-0.4, -0.2) is 0 Å². The molecule has 0 fully saturated rings. The maximum atomic E-state index is 3.62. The average molecular weight is 277 g/mol. The number of rotatable bonds is 4. The first-order valence-corrected chi connectivity index (χ1v) is 7.04. The molecule has 0 radical (unpaired) electrons. The Bertz CT molecular complexity index is 258. The number of allylic oxidation sites excluding steroid dienone is 6. The summed E-state index contributed by atoms with van der Waals surface area (Å²) < 4.78 is 0. The van der Waals surface area contributed by atoms with Crippen LogP contribution in [0.3, 0.4) is 0 Å². The summed E-state index contributed by atoms with van der Waals surface area (Å²) in [5.41, 5.74) is 2.93. The van der Waals surface area contributed by atoms with E-state index in [4.69, 9.17) is 0 Å². The molecule has 0 nitrogen and oxygen atoms in total.